The molecule has 0 aromatic heterocycles. The molecule has 1 aliphatic rings. The van der Waals surface area contributed by atoms with Crippen LogP contribution in [-0.2, 0) is 11.2 Å². The van der Waals surface area contributed by atoms with Crippen molar-refractivity contribution in [3.63, 3.8) is 0 Å². The standard InChI is InChI=1S/C15H22BrFN2O/c1-15(2,19-3-5-20-6-4-19)14(18)9-11-7-12(16)10-13(17)8-11/h7-8,10,14H,3-6,9,18H2,1-2H3. The first kappa shape index (κ1) is 15.9. The highest BCUT2D eigenvalue weighted by atomic mass is 79.9. The van der Waals surface area contributed by atoms with E-state index in [0.29, 0.717) is 6.42 Å². The van der Waals surface area contributed by atoms with Crippen LogP contribution in [0.2, 0.25) is 0 Å². The molecule has 1 saturated heterocycles. The summed E-state index contributed by atoms with van der Waals surface area (Å²) in [4.78, 5) is 2.36. The summed E-state index contributed by atoms with van der Waals surface area (Å²) in [6.07, 6.45) is 0.653. The van der Waals surface area contributed by atoms with Crippen molar-refractivity contribution in [2.24, 2.45) is 5.73 Å². The maximum Gasteiger partial charge on any atom is 0.124 e. The summed E-state index contributed by atoms with van der Waals surface area (Å²) in [6.45, 7) is 7.60. The van der Waals surface area contributed by atoms with Crippen molar-refractivity contribution in [1.82, 2.24) is 4.90 Å². The van der Waals surface area contributed by atoms with E-state index in [2.05, 4.69) is 34.7 Å². The van der Waals surface area contributed by atoms with Crippen LogP contribution in [0.3, 0.4) is 0 Å². The quantitative estimate of drug-likeness (QED) is 0.912. The molecular formula is C15H22BrFN2O. The fraction of sp³-hybridized carbons (Fsp3) is 0.600. The van der Waals surface area contributed by atoms with Crippen LogP contribution in [-0.4, -0.2) is 42.8 Å². The highest BCUT2D eigenvalue weighted by molar-refractivity contribution is 9.10. The van der Waals surface area contributed by atoms with Crippen molar-refractivity contribution in [3.8, 4) is 0 Å². The van der Waals surface area contributed by atoms with E-state index in [9.17, 15) is 4.39 Å². The Morgan fingerprint density at radius 2 is 2.00 bits per heavy atom. The van der Waals surface area contributed by atoms with Crippen molar-refractivity contribution in [2.45, 2.75) is 31.8 Å². The summed E-state index contributed by atoms with van der Waals surface area (Å²) in [5.74, 6) is -0.231. The van der Waals surface area contributed by atoms with Gasteiger partial charge in [-0.25, -0.2) is 4.39 Å². The zero-order chi connectivity index (χ0) is 14.8. The van der Waals surface area contributed by atoms with Gasteiger partial charge in [0, 0.05) is 29.1 Å². The van der Waals surface area contributed by atoms with Gasteiger partial charge in [0.25, 0.3) is 0 Å². The Hall–Kier alpha value is -0.490. The zero-order valence-corrected chi connectivity index (χ0v) is 13.6. The molecule has 1 atom stereocenters. The first-order valence-electron chi connectivity index (χ1n) is 6.93. The van der Waals surface area contributed by atoms with Crippen LogP contribution in [0.25, 0.3) is 0 Å². The number of ether oxygens (including phenoxy) is 1. The van der Waals surface area contributed by atoms with Crippen molar-refractivity contribution in [2.75, 3.05) is 26.3 Å². The van der Waals surface area contributed by atoms with Gasteiger partial charge in [0.2, 0.25) is 0 Å². The SMILES string of the molecule is CC(C)(C(N)Cc1cc(F)cc(Br)c1)N1CCOCC1. The topological polar surface area (TPSA) is 38.5 Å². The van der Waals surface area contributed by atoms with Crippen LogP contribution < -0.4 is 5.73 Å². The van der Waals surface area contributed by atoms with E-state index in [1.165, 1.54) is 6.07 Å². The largest absolute Gasteiger partial charge is 0.379 e. The number of hydrogen-bond donors (Lipinski definition) is 1. The third kappa shape index (κ3) is 3.79. The van der Waals surface area contributed by atoms with Crippen LogP contribution in [0.15, 0.2) is 22.7 Å². The lowest BCUT2D eigenvalue weighted by Gasteiger charge is -2.44. The normalized spacial score (nSPS) is 19.1. The van der Waals surface area contributed by atoms with Crippen molar-refractivity contribution in [3.05, 3.63) is 34.1 Å². The van der Waals surface area contributed by atoms with Gasteiger partial charge in [-0.1, -0.05) is 15.9 Å². The molecule has 1 aromatic carbocycles. The Balaban J connectivity index is 2.07. The minimum Gasteiger partial charge on any atom is -0.379 e. The molecule has 1 fully saturated rings. The van der Waals surface area contributed by atoms with Gasteiger partial charge < -0.3 is 10.5 Å². The first-order valence-corrected chi connectivity index (χ1v) is 7.72. The van der Waals surface area contributed by atoms with Crippen LogP contribution in [0, 0.1) is 5.82 Å². The van der Waals surface area contributed by atoms with Crippen LogP contribution in [0.1, 0.15) is 19.4 Å². The van der Waals surface area contributed by atoms with E-state index in [-0.39, 0.29) is 17.4 Å². The summed E-state index contributed by atoms with van der Waals surface area (Å²) < 4.78 is 19.6. The lowest BCUT2D eigenvalue weighted by Crippen LogP contribution is -2.59. The van der Waals surface area contributed by atoms with Gasteiger partial charge in [-0.05, 0) is 44.0 Å². The summed E-state index contributed by atoms with van der Waals surface area (Å²) in [5, 5.41) is 0. The maximum atomic E-state index is 13.4. The number of morpholine rings is 1. The van der Waals surface area contributed by atoms with Crippen LogP contribution in [0.4, 0.5) is 4.39 Å². The zero-order valence-electron chi connectivity index (χ0n) is 12.0. The van der Waals surface area contributed by atoms with Gasteiger partial charge in [0.05, 0.1) is 13.2 Å². The maximum absolute atomic E-state index is 13.4. The molecule has 0 aliphatic carbocycles. The van der Waals surface area contributed by atoms with Crippen molar-refractivity contribution >= 4 is 15.9 Å². The summed E-state index contributed by atoms with van der Waals surface area (Å²) in [7, 11) is 0. The number of nitrogens with zero attached hydrogens (tertiary/aromatic N) is 1. The molecule has 5 heteroatoms. The number of rotatable bonds is 4. The molecular weight excluding hydrogens is 323 g/mol. The molecule has 1 aromatic rings. The molecule has 1 unspecified atom stereocenters. The Morgan fingerprint density at radius 3 is 2.60 bits per heavy atom. The van der Waals surface area contributed by atoms with Crippen molar-refractivity contribution in [1.29, 1.82) is 0 Å². The minimum atomic E-state index is -0.231. The molecule has 1 heterocycles. The lowest BCUT2D eigenvalue weighted by atomic mass is 9.88. The van der Waals surface area contributed by atoms with Gasteiger partial charge in [-0.3, -0.25) is 4.90 Å². The molecule has 0 amide bonds. The second-order valence-corrected chi connectivity index (χ2v) is 6.76. The van der Waals surface area contributed by atoms with Crippen LogP contribution >= 0.6 is 15.9 Å². The Labute approximate surface area is 128 Å². The summed E-state index contributed by atoms with van der Waals surface area (Å²) >= 11 is 3.32. The molecule has 0 saturated carbocycles. The summed E-state index contributed by atoms with van der Waals surface area (Å²) in [6, 6.07) is 4.88. The van der Waals surface area contributed by atoms with Gasteiger partial charge in [-0.2, -0.15) is 0 Å². The second kappa shape index (κ2) is 6.52. The Bertz CT molecular complexity index is 441. The molecule has 20 heavy (non-hydrogen) atoms. The fourth-order valence-corrected chi connectivity index (χ4v) is 3.12. The molecule has 2 rings (SSSR count). The average molecular weight is 345 g/mol. The van der Waals surface area contributed by atoms with Crippen LogP contribution in [0.5, 0.6) is 0 Å². The van der Waals surface area contributed by atoms with E-state index in [4.69, 9.17) is 10.5 Å². The molecule has 0 bridgehead atoms. The van der Waals surface area contributed by atoms with E-state index < -0.39 is 0 Å². The van der Waals surface area contributed by atoms with E-state index in [0.717, 1.165) is 36.3 Å². The molecule has 0 radical (unpaired) electrons. The minimum absolute atomic E-state index is 0.0608. The smallest absolute Gasteiger partial charge is 0.124 e. The number of halogens is 2. The third-order valence-electron chi connectivity index (χ3n) is 4.11. The first-order chi connectivity index (χ1) is 9.39. The number of benzene rings is 1. The third-order valence-corrected chi connectivity index (χ3v) is 4.57. The predicted octanol–water partition coefficient (Wildman–Crippen LogP) is 2.57. The number of nitrogens with two attached hydrogens (primary N) is 1. The van der Waals surface area contributed by atoms with Gasteiger partial charge in [0.15, 0.2) is 0 Å². The highest BCUT2D eigenvalue weighted by Gasteiger charge is 2.34. The van der Waals surface area contributed by atoms with E-state index >= 15 is 0 Å². The molecule has 1 aliphatic heterocycles. The molecule has 3 nitrogen and oxygen atoms in total. The van der Waals surface area contributed by atoms with Gasteiger partial charge in [0.1, 0.15) is 5.82 Å². The monoisotopic (exact) mass is 344 g/mol. The average Bonchev–Trinajstić information content (AvgIpc) is 2.38. The van der Waals surface area contributed by atoms with Gasteiger partial charge in [-0.15, -0.1) is 0 Å². The molecule has 0 spiro atoms. The van der Waals surface area contributed by atoms with Gasteiger partial charge >= 0.3 is 0 Å². The van der Waals surface area contributed by atoms with E-state index in [1.807, 2.05) is 6.07 Å². The van der Waals surface area contributed by atoms with E-state index in [1.54, 1.807) is 6.07 Å². The summed E-state index contributed by atoms with van der Waals surface area (Å²) in [5.41, 5.74) is 7.18. The Kier molecular flexibility index (Phi) is 5.18. The number of hydrogen-bond acceptors (Lipinski definition) is 3. The fourth-order valence-electron chi connectivity index (χ4n) is 2.61. The lowest BCUT2D eigenvalue weighted by molar-refractivity contribution is -0.0186. The predicted molar refractivity (Wildman–Crippen MR) is 82.3 cm³/mol. The highest BCUT2D eigenvalue weighted by Crippen LogP contribution is 2.23. The second-order valence-electron chi connectivity index (χ2n) is 5.84. The molecule has 2 N–H and O–H groups in total. The molecule has 112 valence electrons. The Morgan fingerprint density at radius 1 is 1.35 bits per heavy atom. The van der Waals surface area contributed by atoms with Crippen molar-refractivity contribution < 1.29 is 9.13 Å².